The number of allylic oxidation sites excluding steroid dienone is 1. The van der Waals surface area contributed by atoms with Crippen molar-refractivity contribution in [1.29, 1.82) is 15.8 Å². The molecule has 8 aromatic rings. The topological polar surface area (TPSA) is 81.2 Å². The van der Waals surface area contributed by atoms with Crippen molar-refractivity contribution in [2.45, 2.75) is 12.8 Å². The van der Waals surface area contributed by atoms with Gasteiger partial charge in [-0.05, 0) is 90.2 Å². The molecule has 5 heteroatoms. The SMILES string of the molecule is N#Cc1ccc(-n2c3c(c4ccccc42)C=CCC3)c(-c2ccc(-c3cccc(-n4c5ccc(C#N)cc5c5cccc(C#N)c54)c3)cc2)c1. The summed E-state index contributed by atoms with van der Waals surface area (Å²) in [6, 6.07) is 49.8. The van der Waals surface area contributed by atoms with E-state index in [-0.39, 0.29) is 0 Å². The minimum atomic E-state index is 0.579. The van der Waals surface area contributed by atoms with Crippen molar-refractivity contribution in [3.8, 4) is 51.8 Å². The highest BCUT2D eigenvalue weighted by Crippen LogP contribution is 2.39. The van der Waals surface area contributed by atoms with E-state index in [9.17, 15) is 15.8 Å². The first-order chi connectivity index (χ1) is 24.7. The Kier molecular flexibility index (Phi) is 6.70. The van der Waals surface area contributed by atoms with Crippen LogP contribution in [0.1, 0.15) is 34.4 Å². The molecule has 9 rings (SSSR count). The fraction of sp³-hybridized carbons (Fsp3) is 0.0444. The standard InChI is InChI=1S/C45H27N5/c46-26-29-15-21-43(50-41-13-3-1-10-36(41)37-11-2-4-14-42(37)50)39(23-29)32-19-17-31(18-20-32)33-7-5-9-35(25-33)49-44-22-16-30(27-47)24-40(44)38-12-6-8-34(28-48)45(38)49/h1-3,5-13,15-25H,4,14H2. The average molecular weight is 638 g/mol. The van der Waals surface area contributed by atoms with Crippen molar-refractivity contribution < 1.29 is 0 Å². The van der Waals surface area contributed by atoms with E-state index in [2.05, 4.69) is 112 Å². The van der Waals surface area contributed by atoms with E-state index in [1.807, 2.05) is 54.6 Å². The second-order valence-electron chi connectivity index (χ2n) is 12.6. The molecule has 1 aliphatic rings. The van der Waals surface area contributed by atoms with Crippen molar-refractivity contribution in [3.63, 3.8) is 0 Å². The van der Waals surface area contributed by atoms with E-state index in [0.717, 1.165) is 73.8 Å². The second kappa shape index (κ2) is 11.5. The molecule has 0 atom stereocenters. The summed E-state index contributed by atoms with van der Waals surface area (Å²) < 4.78 is 4.50. The Bertz CT molecular complexity index is 2840. The molecule has 0 aliphatic heterocycles. The molecule has 0 bridgehead atoms. The number of nitrogens with zero attached hydrogens (tertiary/aromatic N) is 5. The van der Waals surface area contributed by atoms with E-state index in [1.54, 1.807) is 0 Å². The number of aromatic nitrogens is 2. The van der Waals surface area contributed by atoms with E-state index in [0.29, 0.717) is 16.7 Å². The first kappa shape index (κ1) is 29.0. The lowest BCUT2D eigenvalue weighted by molar-refractivity contribution is 0.889. The van der Waals surface area contributed by atoms with Gasteiger partial charge in [-0.3, -0.25) is 0 Å². The maximum absolute atomic E-state index is 10.1. The lowest BCUT2D eigenvalue weighted by atomic mass is 9.97. The smallest absolute Gasteiger partial charge is 0.101 e. The molecule has 5 nitrogen and oxygen atoms in total. The molecule has 0 unspecified atom stereocenters. The van der Waals surface area contributed by atoms with Crippen molar-refractivity contribution in [3.05, 3.63) is 161 Å². The van der Waals surface area contributed by atoms with E-state index < -0.39 is 0 Å². The Morgan fingerprint density at radius 1 is 0.540 bits per heavy atom. The highest BCUT2D eigenvalue weighted by atomic mass is 15.0. The van der Waals surface area contributed by atoms with Gasteiger partial charge in [-0.15, -0.1) is 0 Å². The summed E-state index contributed by atoms with van der Waals surface area (Å²) in [7, 11) is 0. The molecule has 2 heterocycles. The van der Waals surface area contributed by atoms with Gasteiger partial charge in [0.2, 0.25) is 0 Å². The molecule has 0 saturated heterocycles. The largest absolute Gasteiger partial charge is 0.312 e. The fourth-order valence-corrected chi connectivity index (χ4v) is 7.64. The predicted octanol–water partition coefficient (Wildman–Crippen LogP) is 10.6. The van der Waals surface area contributed by atoms with E-state index >= 15 is 0 Å². The Morgan fingerprint density at radius 2 is 1.28 bits per heavy atom. The molecule has 50 heavy (non-hydrogen) atoms. The van der Waals surface area contributed by atoms with Crippen LogP contribution >= 0.6 is 0 Å². The number of hydrogen-bond acceptors (Lipinski definition) is 3. The van der Waals surface area contributed by atoms with Crippen LogP contribution in [0.2, 0.25) is 0 Å². The van der Waals surface area contributed by atoms with Crippen LogP contribution in [0, 0.1) is 34.0 Å². The molecule has 0 fully saturated rings. The fourth-order valence-electron chi connectivity index (χ4n) is 7.64. The highest BCUT2D eigenvalue weighted by Gasteiger charge is 2.21. The quantitative estimate of drug-likeness (QED) is 0.193. The van der Waals surface area contributed by atoms with Gasteiger partial charge < -0.3 is 9.13 Å². The first-order valence-corrected chi connectivity index (χ1v) is 16.6. The summed E-state index contributed by atoms with van der Waals surface area (Å²) in [4.78, 5) is 0. The van der Waals surface area contributed by atoms with E-state index in [1.165, 1.54) is 16.6 Å². The molecule has 232 valence electrons. The van der Waals surface area contributed by atoms with Crippen LogP contribution in [-0.4, -0.2) is 9.13 Å². The Morgan fingerprint density at radius 3 is 2.12 bits per heavy atom. The summed E-state index contributed by atoms with van der Waals surface area (Å²) in [5.74, 6) is 0. The van der Waals surface area contributed by atoms with Gasteiger partial charge in [0.25, 0.3) is 0 Å². The average Bonchev–Trinajstić information content (AvgIpc) is 3.70. The molecular weight excluding hydrogens is 611 g/mol. The summed E-state index contributed by atoms with van der Waals surface area (Å²) in [5, 5.41) is 32.7. The molecule has 0 N–H and O–H groups in total. The van der Waals surface area contributed by atoms with Crippen molar-refractivity contribution in [2.24, 2.45) is 0 Å². The van der Waals surface area contributed by atoms with Crippen LogP contribution in [0.25, 0.3) is 72.4 Å². The minimum Gasteiger partial charge on any atom is -0.312 e. The maximum Gasteiger partial charge on any atom is 0.101 e. The Labute approximate surface area is 289 Å². The molecule has 1 aliphatic carbocycles. The van der Waals surface area contributed by atoms with E-state index in [4.69, 9.17) is 0 Å². The van der Waals surface area contributed by atoms with Gasteiger partial charge in [-0.2, -0.15) is 15.8 Å². The summed E-state index contributed by atoms with van der Waals surface area (Å²) >= 11 is 0. The molecule has 2 aromatic heterocycles. The summed E-state index contributed by atoms with van der Waals surface area (Å²) in [5.41, 5.74) is 13.4. The second-order valence-corrected chi connectivity index (χ2v) is 12.6. The zero-order valence-electron chi connectivity index (χ0n) is 26.9. The summed E-state index contributed by atoms with van der Waals surface area (Å²) in [6.07, 6.45) is 6.45. The Hall–Kier alpha value is -7.13. The van der Waals surface area contributed by atoms with Crippen LogP contribution < -0.4 is 0 Å². The normalized spacial score (nSPS) is 12.1. The minimum absolute atomic E-state index is 0.579. The van der Waals surface area contributed by atoms with Gasteiger partial charge in [-0.1, -0.05) is 78.9 Å². The van der Waals surface area contributed by atoms with Crippen LogP contribution in [-0.2, 0) is 6.42 Å². The molecule has 0 amide bonds. The number of rotatable bonds is 4. The number of nitriles is 3. The monoisotopic (exact) mass is 637 g/mol. The zero-order chi connectivity index (χ0) is 33.8. The summed E-state index contributed by atoms with van der Waals surface area (Å²) in [6.45, 7) is 0. The third-order valence-electron chi connectivity index (χ3n) is 9.89. The molecule has 0 spiro atoms. The lowest BCUT2D eigenvalue weighted by Gasteiger charge is -2.18. The predicted molar refractivity (Wildman–Crippen MR) is 200 cm³/mol. The maximum atomic E-state index is 10.1. The molecule has 0 saturated carbocycles. The van der Waals surface area contributed by atoms with Gasteiger partial charge in [0, 0.05) is 38.7 Å². The molecular formula is C45H27N5. The van der Waals surface area contributed by atoms with Gasteiger partial charge in [-0.25, -0.2) is 0 Å². The number of benzene rings is 6. The van der Waals surface area contributed by atoms with Crippen molar-refractivity contribution in [2.75, 3.05) is 0 Å². The first-order valence-electron chi connectivity index (χ1n) is 16.6. The van der Waals surface area contributed by atoms with Crippen LogP contribution in [0.3, 0.4) is 0 Å². The third kappa shape index (κ3) is 4.45. The number of fused-ring (bicyclic) bond motifs is 6. The van der Waals surface area contributed by atoms with Crippen LogP contribution in [0.4, 0.5) is 0 Å². The van der Waals surface area contributed by atoms with Gasteiger partial charge >= 0.3 is 0 Å². The van der Waals surface area contributed by atoms with Crippen LogP contribution in [0.5, 0.6) is 0 Å². The number of hydrogen-bond donors (Lipinski definition) is 0. The Balaban J connectivity index is 1.17. The van der Waals surface area contributed by atoms with Gasteiger partial charge in [0.05, 0.1) is 51.1 Å². The lowest BCUT2D eigenvalue weighted by Crippen LogP contribution is -2.05. The van der Waals surface area contributed by atoms with Gasteiger partial charge in [0.15, 0.2) is 0 Å². The third-order valence-corrected chi connectivity index (χ3v) is 9.89. The van der Waals surface area contributed by atoms with Crippen LogP contribution in [0.15, 0.2) is 133 Å². The van der Waals surface area contributed by atoms with Crippen molar-refractivity contribution in [1.82, 2.24) is 9.13 Å². The van der Waals surface area contributed by atoms with Crippen molar-refractivity contribution >= 4 is 38.8 Å². The zero-order valence-corrected chi connectivity index (χ0v) is 26.9. The van der Waals surface area contributed by atoms with Gasteiger partial charge in [0.1, 0.15) is 6.07 Å². The number of para-hydroxylation sites is 2. The highest BCUT2D eigenvalue weighted by molar-refractivity contribution is 6.11. The molecule has 0 radical (unpaired) electrons. The molecule has 6 aromatic carbocycles.